The molecule has 6 heteroatoms. The van der Waals surface area contributed by atoms with E-state index in [-0.39, 0.29) is 0 Å². The van der Waals surface area contributed by atoms with Crippen LogP contribution >= 0.6 is 11.8 Å². The van der Waals surface area contributed by atoms with Crippen LogP contribution in [0.15, 0.2) is 35.2 Å². The van der Waals surface area contributed by atoms with Crippen LogP contribution < -0.4 is 10.6 Å². The molecule has 1 aromatic carbocycles. The van der Waals surface area contributed by atoms with E-state index in [2.05, 4.69) is 10.6 Å². The normalized spacial score (nSPS) is 11.7. The van der Waals surface area contributed by atoms with Crippen molar-refractivity contribution in [3.05, 3.63) is 30.3 Å². The summed E-state index contributed by atoms with van der Waals surface area (Å²) >= 11 is 1.64. The highest BCUT2D eigenvalue weighted by molar-refractivity contribution is 7.99. The largest absolute Gasteiger partial charge is 0.480 e. The highest BCUT2D eigenvalue weighted by Crippen LogP contribution is 2.15. The first-order valence-electron chi connectivity index (χ1n) is 6.58. The maximum atomic E-state index is 11.5. The third-order valence-electron chi connectivity index (χ3n) is 2.58. The molecule has 20 heavy (non-hydrogen) atoms. The van der Waals surface area contributed by atoms with Gasteiger partial charge >= 0.3 is 12.0 Å². The van der Waals surface area contributed by atoms with Gasteiger partial charge in [0.15, 0.2) is 0 Å². The Bertz CT molecular complexity index is 426. The lowest BCUT2D eigenvalue weighted by atomic mass is 10.2. The van der Waals surface area contributed by atoms with Gasteiger partial charge in [-0.25, -0.2) is 9.59 Å². The first kappa shape index (κ1) is 16.4. The maximum absolute atomic E-state index is 11.5. The number of benzene rings is 1. The van der Waals surface area contributed by atoms with Crippen LogP contribution in [0, 0.1) is 0 Å². The number of urea groups is 1. The number of thioether (sulfide) groups is 1. The van der Waals surface area contributed by atoms with Crippen molar-refractivity contribution in [3.8, 4) is 0 Å². The smallest absolute Gasteiger partial charge is 0.326 e. The molecule has 1 unspecified atom stereocenters. The van der Waals surface area contributed by atoms with Crippen molar-refractivity contribution in [3.63, 3.8) is 0 Å². The first-order valence-corrected chi connectivity index (χ1v) is 7.57. The van der Waals surface area contributed by atoms with Gasteiger partial charge in [0, 0.05) is 17.2 Å². The van der Waals surface area contributed by atoms with E-state index in [9.17, 15) is 9.59 Å². The Labute approximate surface area is 123 Å². The molecule has 5 nitrogen and oxygen atoms in total. The van der Waals surface area contributed by atoms with Gasteiger partial charge in [0.05, 0.1) is 0 Å². The topological polar surface area (TPSA) is 78.4 Å². The van der Waals surface area contributed by atoms with Gasteiger partial charge in [0.25, 0.3) is 0 Å². The van der Waals surface area contributed by atoms with Crippen LogP contribution in [-0.2, 0) is 4.79 Å². The second-order valence-electron chi connectivity index (χ2n) is 4.24. The molecular weight excluding hydrogens is 276 g/mol. The van der Waals surface area contributed by atoms with Gasteiger partial charge in [0.2, 0.25) is 0 Å². The van der Waals surface area contributed by atoms with Crippen molar-refractivity contribution in [2.75, 3.05) is 12.3 Å². The third kappa shape index (κ3) is 6.47. The van der Waals surface area contributed by atoms with Crippen molar-refractivity contribution in [2.24, 2.45) is 0 Å². The lowest BCUT2D eigenvalue weighted by molar-refractivity contribution is -0.139. The molecule has 110 valence electrons. The summed E-state index contributed by atoms with van der Waals surface area (Å²) in [4.78, 5) is 23.6. The lowest BCUT2D eigenvalue weighted by Gasteiger charge is -2.14. The molecule has 0 saturated carbocycles. The van der Waals surface area contributed by atoms with E-state index >= 15 is 0 Å². The zero-order valence-corrected chi connectivity index (χ0v) is 12.3. The molecule has 0 spiro atoms. The van der Waals surface area contributed by atoms with Crippen LogP contribution in [0.4, 0.5) is 4.79 Å². The van der Waals surface area contributed by atoms with Gasteiger partial charge < -0.3 is 15.7 Å². The zero-order valence-electron chi connectivity index (χ0n) is 11.5. The van der Waals surface area contributed by atoms with Crippen LogP contribution in [0.25, 0.3) is 0 Å². The number of rotatable bonds is 8. The van der Waals surface area contributed by atoms with Crippen molar-refractivity contribution in [1.82, 2.24) is 10.6 Å². The molecule has 0 saturated heterocycles. The summed E-state index contributed by atoms with van der Waals surface area (Å²) in [5.74, 6) is -0.260. The number of nitrogens with one attached hydrogen (secondary N) is 2. The fraction of sp³-hybridized carbons (Fsp3) is 0.429. The highest BCUT2D eigenvalue weighted by Gasteiger charge is 2.18. The molecule has 2 amide bonds. The van der Waals surface area contributed by atoms with E-state index in [1.165, 1.54) is 0 Å². The minimum Gasteiger partial charge on any atom is -0.480 e. The number of hydrogen-bond acceptors (Lipinski definition) is 3. The minimum atomic E-state index is -0.999. The SMILES string of the molecule is CCCC(NC(=O)NCCSc1ccccc1)C(=O)O. The number of carbonyl (C=O) groups is 2. The van der Waals surface area contributed by atoms with E-state index in [1.54, 1.807) is 11.8 Å². The predicted octanol–water partition coefficient (Wildman–Crippen LogP) is 2.33. The molecule has 0 radical (unpaired) electrons. The van der Waals surface area contributed by atoms with Crippen LogP contribution in [0.1, 0.15) is 19.8 Å². The molecule has 1 rings (SSSR count). The summed E-state index contributed by atoms with van der Waals surface area (Å²) in [6.45, 7) is 2.37. The van der Waals surface area contributed by atoms with Crippen LogP contribution in [0.3, 0.4) is 0 Å². The summed E-state index contributed by atoms with van der Waals surface area (Å²) in [5, 5.41) is 14.0. The summed E-state index contributed by atoms with van der Waals surface area (Å²) in [6, 6.07) is 8.64. The molecule has 0 fully saturated rings. The Hall–Kier alpha value is -1.69. The van der Waals surface area contributed by atoms with E-state index in [4.69, 9.17) is 5.11 Å². The second kappa shape index (κ2) is 9.25. The number of amides is 2. The fourth-order valence-electron chi connectivity index (χ4n) is 1.61. The van der Waals surface area contributed by atoms with Gasteiger partial charge in [-0.1, -0.05) is 31.5 Å². The van der Waals surface area contributed by atoms with Crippen molar-refractivity contribution in [1.29, 1.82) is 0 Å². The molecule has 0 aliphatic heterocycles. The van der Waals surface area contributed by atoms with Gasteiger partial charge in [0.1, 0.15) is 6.04 Å². The van der Waals surface area contributed by atoms with Gasteiger partial charge in [-0.2, -0.15) is 0 Å². The van der Waals surface area contributed by atoms with Crippen LogP contribution in [-0.4, -0.2) is 35.4 Å². The van der Waals surface area contributed by atoms with Crippen molar-refractivity contribution in [2.45, 2.75) is 30.7 Å². The zero-order chi connectivity index (χ0) is 14.8. The average Bonchev–Trinajstić information content (AvgIpc) is 2.44. The molecule has 0 aromatic heterocycles. The fourth-order valence-corrected chi connectivity index (χ4v) is 2.39. The molecule has 0 bridgehead atoms. The van der Waals surface area contributed by atoms with Gasteiger partial charge in [-0.15, -0.1) is 11.8 Å². The number of aliphatic carboxylic acids is 1. The number of carboxylic acids is 1. The predicted molar refractivity (Wildman–Crippen MR) is 80.0 cm³/mol. The number of carboxylic acid groups (broad SMARTS) is 1. The molecule has 0 aliphatic rings. The molecule has 1 aromatic rings. The Morgan fingerprint density at radius 3 is 2.60 bits per heavy atom. The standard InChI is InChI=1S/C14H20N2O3S/c1-2-6-12(13(17)18)16-14(19)15-9-10-20-11-7-4-3-5-8-11/h3-5,7-8,12H,2,6,9-10H2,1H3,(H,17,18)(H2,15,16,19). The summed E-state index contributed by atoms with van der Waals surface area (Å²) < 4.78 is 0. The number of hydrogen-bond donors (Lipinski definition) is 3. The average molecular weight is 296 g/mol. The number of carbonyl (C=O) groups excluding carboxylic acids is 1. The maximum Gasteiger partial charge on any atom is 0.326 e. The monoisotopic (exact) mass is 296 g/mol. The molecular formula is C14H20N2O3S. The second-order valence-corrected chi connectivity index (χ2v) is 5.41. The van der Waals surface area contributed by atoms with E-state index in [0.29, 0.717) is 19.4 Å². The molecule has 1 atom stereocenters. The van der Waals surface area contributed by atoms with Crippen LogP contribution in [0.5, 0.6) is 0 Å². The summed E-state index contributed by atoms with van der Waals surface area (Å²) in [5.41, 5.74) is 0. The van der Waals surface area contributed by atoms with E-state index in [1.807, 2.05) is 37.3 Å². The van der Waals surface area contributed by atoms with E-state index < -0.39 is 18.0 Å². The third-order valence-corrected chi connectivity index (χ3v) is 3.59. The highest BCUT2D eigenvalue weighted by atomic mass is 32.2. The molecule has 0 aliphatic carbocycles. The summed E-state index contributed by atoms with van der Waals surface area (Å²) in [7, 11) is 0. The molecule has 3 N–H and O–H groups in total. The Balaban J connectivity index is 2.21. The Morgan fingerprint density at radius 2 is 2.00 bits per heavy atom. The lowest BCUT2D eigenvalue weighted by Crippen LogP contribution is -2.46. The minimum absolute atomic E-state index is 0.431. The van der Waals surface area contributed by atoms with E-state index in [0.717, 1.165) is 10.6 Å². The Kier molecular flexibility index (Phi) is 7.57. The van der Waals surface area contributed by atoms with Crippen molar-refractivity contribution < 1.29 is 14.7 Å². The quantitative estimate of drug-likeness (QED) is 0.508. The Morgan fingerprint density at radius 1 is 1.30 bits per heavy atom. The van der Waals surface area contributed by atoms with Crippen LogP contribution in [0.2, 0.25) is 0 Å². The van der Waals surface area contributed by atoms with Gasteiger partial charge in [-0.3, -0.25) is 0 Å². The first-order chi connectivity index (χ1) is 9.63. The molecule has 0 heterocycles. The summed E-state index contributed by atoms with van der Waals surface area (Å²) in [6.07, 6.45) is 1.14. The van der Waals surface area contributed by atoms with Crippen molar-refractivity contribution >= 4 is 23.8 Å². The van der Waals surface area contributed by atoms with Gasteiger partial charge in [-0.05, 0) is 18.6 Å².